The lowest BCUT2D eigenvalue weighted by Crippen LogP contribution is -2.21. The van der Waals surface area contributed by atoms with E-state index in [9.17, 15) is 4.79 Å². The van der Waals surface area contributed by atoms with Gasteiger partial charge in [-0.1, -0.05) is 13.0 Å². The van der Waals surface area contributed by atoms with E-state index < -0.39 is 0 Å². The molecule has 0 saturated carbocycles. The molecule has 0 atom stereocenters. The number of nitrogens with one attached hydrogen (secondary N) is 1. The number of benzene rings is 2. The Bertz CT molecular complexity index is 724. The average molecular weight is 312 g/mol. The lowest BCUT2D eigenvalue weighted by Gasteiger charge is -2.15. The zero-order chi connectivity index (χ0) is 17.0. The molecule has 23 heavy (non-hydrogen) atoms. The number of aryl methyl sites for hydroxylation is 4. The van der Waals surface area contributed by atoms with Gasteiger partial charge in [-0.05, 0) is 73.7 Å². The fraction of sp³-hybridized carbons (Fsp3) is 0.316. The van der Waals surface area contributed by atoms with Gasteiger partial charge in [0, 0.05) is 11.4 Å². The molecule has 1 amide bonds. The molecule has 0 radical (unpaired) electrons. The van der Waals surface area contributed by atoms with E-state index in [0.717, 1.165) is 28.8 Å². The minimum Gasteiger partial charge on any atom is -0.484 e. The van der Waals surface area contributed by atoms with Gasteiger partial charge in [-0.3, -0.25) is 4.79 Å². The van der Waals surface area contributed by atoms with E-state index in [1.54, 1.807) is 0 Å². The van der Waals surface area contributed by atoms with Crippen molar-refractivity contribution in [2.45, 2.75) is 34.1 Å². The Hall–Kier alpha value is -2.49. The largest absolute Gasteiger partial charge is 0.484 e. The fourth-order valence-electron chi connectivity index (χ4n) is 2.48. The molecule has 0 aliphatic carbocycles. The monoisotopic (exact) mass is 312 g/mol. The highest BCUT2D eigenvalue weighted by Crippen LogP contribution is 2.25. The second-order valence-corrected chi connectivity index (χ2v) is 5.81. The Morgan fingerprint density at radius 1 is 1.09 bits per heavy atom. The molecule has 122 valence electrons. The van der Waals surface area contributed by atoms with Crippen molar-refractivity contribution >= 4 is 17.3 Å². The van der Waals surface area contributed by atoms with Gasteiger partial charge in [0.2, 0.25) is 0 Å². The highest BCUT2D eigenvalue weighted by Gasteiger charge is 2.11. The molecule has 0 aromatic heterocycles. The number of anilines is 2. The van der Waals surface area contributed by atoms with Crippen molar-refractivity contribution in [1.82, 2.24) is 0 Å². The van der Waals surface area contributed by atoms with Crippen molar-refractivity contribution in [2.75, 3.05) is 17.7 Å². The predicted molar refractivity (Wildman–Crippen MR) is 95.0 cm³/mol. The summed E-state index contributed by atoms with van der Waals surface area (Å²) in [5.41, 5.74) is 11.7. The van der Waals surface area contributed by atoms with Crippen LogP contribution in [0.15, 0.2) is 30.3 Å². The summed E-state index contributed by atoms with van der Waals surface area (Å²) in [6, 6.07) is 9.56. The minimum atomic E-state index is -0.175. The molecule has 0 aliphatic heterocycles. The number of ether oxygens (including phenoxy) is 1. The van der Waals surface area contributed by atoms with E-state index in [2.05, 4.69) is 5.32 Å². The van der Waals surface area contributed by atoms with Crippen LogP contribution in [0.1, 0.15) is 29.2 Å². The van der Waals surface area contributed by atoms with Gasteiger partial charge in [-0.25, -0.2) is 0 Å². The second-order valence-electron chi connectivity index (χ2n) is 5.81. The highest BCUT2D eigenvalue weighted by atomic mass is 16.5. The van der Waals surface area contributed by atoms with E-state index in [0.29, 0.717) is 11.4 Å². The number of nitrogens with two attached hydrogens (primary N) is 1. The molecule has 0 bridgehead atoms. The molecule has 0 spiro atoms. The second kappa shape index (κ2) is 7.18. The van der Waals surface area contributed by atoms with Crippen LogP contribution in [0.2, 0.25) is 0 Å². The minimum absolute atomic E-state index is 0.0184. The van der Waals surface area contributed by atoms with Crippen LogP contribution in [0.4, 0.5) is 11.4 Å². The molecule has 0 fully saturated rings. The van der Waals surface area contributed by atoms with Gasteiger partial charge >= 0.3 is 0 Å². The molecular weight excluding hydrogens is 288 g/mol. The lowest BCUT2D eigenvalue weighted by molar-refractivity contribution is -0.118. The van der Waals surface area contributed by atoms with E-state index >= 15 is 0 Å². The first-order valence-electron chi connectivity index (χ1n) is 7.79. The molecular formula is C19H24N2O2. The van der Waals surface area contributed by atoms with E-state index in [-0.39, 0.29) is 12.5 Å². The van der Waals surface area contributed by atoms with Crippen LogP contribution >= 0.6 is 0 Å². The Balaban J connectivity index is 2.04. The third-order valence-corrected chi connectivity index (χ3v) is 3.93. The van der Waals surface area contributed by atoms with Crippen molar-refractivity contribution < 1.29 is 9.53 Å². The van der Waals surface area contributed by atoms with Crippen molar-refractivity contribution in [1.29, 1.82) is 0 Å². The van der Waals surface area contributed by atoms with Crippen LogP contribution in [0.25, 0.3) is 0 Å². The standard InChI is InChI=1S/C19H24N2O2/c1-5-15-10-16(20)8-14(4)19(15)21-18(22)11-23-17-7-6-12(2)13(3)9-17/h6-10H,5,11,20H2,1-4H3,(H,21,22). The predicted octanol–water partition coefficient (Wildman–Crippen LogP) is 3.77. The quantitative estimate of drug-likeness (QED) is 0.826. The number of amides is 1. The summed E-state index contributed by atoms with van der Waals surface area (Å²) in [5.74, 6) is 0.527. The zero-order valence-corrected chi connectivity index (χ0v) is 14.2. The highest BCUT2D eigenvalue weighted by molar-refractivity contribution is 5.93. The number of nitrogen functional groups attached to an aromatic ring is 1. The topological polar surface area (TPSA) is 64.3 Å². The van der Waals surface area contributed by atoms with Gasteiger partial charge in [0.25, 0.3) is 5.91 Å². The zero-order valence-electron chi connectivity index (χ0n) is 14.2. The van der Waals surface area contributed by atoms with Crippen molar-refractivity contribution in [3.05, 3.63) is 52.6 Å². The maximum atomic E-state index is 12.2. The molecule has 2 aromatic carbocycles. The third-order valence-electron chi connectivity index (χ3n) is 3.93. The number of carbonyl (C=O) groups is 1. The molecule has 0 aliphatic rings. The number of carbonyl (C=O) groups excluding carboxylic acids is 1. The fourth-order valence-corrected chi connectivity index (χ4v) is 2.48. The Kier molecular flexibility index (Phi) is 5.27. The van der Waals surface area contributed by atoms with Crippen molar-refractivity contribution in [3.63, 3.8) is 0 Å². The van der Waals surface area contributed by atoms with Crippen molar-refractivity contribution in [3.8, 4) is 5.75 Å². The first-order chi connectivity index (χ1) is 10.9. The number of hydrogen-bond acceptors (Lipinski definition) is 3. The van der Waals surface area contributed by atoms with Crippen LogP contribution in [0.3, 0.4) is 0 Å². The maximum Gasteiger partial charge on any atom is 0.262 e. The summed E-state index contributed by atoms with van der Waals surface area (Å²) < 4.78 is 5.58. The van der Waals surface area contributed by atoms with Crippen LogP contribution in [-0.4, -0.2) is 12.5 Å². The van der Waals surface area contributed by atoms with Crippen LogP contribution in [0, 0.1) is 20.8 Å². The molecule has 3 N–H and O–H groups in total. The molecule has 0 heterocycles. The Labute approximate surface area is 137 Å². The van der Waals surface area contributed by atoms with E-state index in [4.69, 9.17) is 10.5 Å². The van der Waals surface area contributed by atoms with E-state index in [1.165, 1.54) is 5.56 Å². The first kappa shape index (κ1) is 16.9. The smallest absolute Gasteiger partial charge is 0.262 e. The number of rotatable bonds is 5. The summed E-state index contributed by atoms with van der Waals surface area (Å²) in [7, 11) is 0. The van der Waals surface area contributed by atoms with Gasteiger partial charge in [-0.2, -0.15) is 0 Å². The summed E-state index contributed by atoms with van der Waals surface area (Å²) in [5, 5.41) is 2.93. The lowest BCUT2D eigenvalue weighted by atomic mass is 10.0. The van der Waals surface area contributed by atoms with Gasteiger partial charge in [0.05, 0.1) is 0 Å². The summed E-state index contributed by atoms with van der Waals surface area (Å²) >= 11 is 0. The molecule has 4 heteroatoms. The maximum absolute atomic E-state index is 12.2. The normalized spacial score (nSPS) is 10.4. The Morgan fingerprint density at radius 2 is 1.83 bits per heavy atom. The van der Waals surface area contributed by atoms with Crippen LogP contribution in [0.5, 0.6) is 5.75 Å². The average Bonchev–Trinajstić information content (AvgIpc) is 2.50. The first-order valence-corrected chi connectivity index (χ1v) is 7.79. The third kappa shape index (κ3) is 4.25. The van der Waals surface area contributed by atoms with E-state index in [1.807, 2.05) is 58.0 Å². The van der Waals surface area contributed by atoms with Crippen molar-refractivity contribution in [2.24, 2.45) is 0 Å². The summed E-state index contributed by atoms with van der Waals surface area (Å²) in [6.45, 7) is 8.02. The van der Waals surface area contributed by atoms with Crippen LogP contribution < -0.4 is 15.8 Å². The van der Waals surface area contributed by atoms with Gasteiger partial charge in [0.1, 0.15) is 5.75 Å². The Morgan fingerprint density at radius 3 is 2.48 bits per heavy atom. The van der Waals surface area contributed by atoms with Gasteiger partial charge in [-0.15, -0.1) is 0 Å². The summed E-state index contributed by atoms with van der Waals surface area (Å²) in [6.07, 6.45) is 0.805. The molecule has 2 rings (SSSR count). The van der Waals surface area contributed by atoms with Gasteiger partial charge in [0.15, 0.2) is 6.61 Å². The van der Waals surface area contributed by atoms with Crippen LogP contribution in [-0.2, 0) is 11.2 Å². The molecule has 0 saturated heterocycles. The molecule has 4 nitrogen and oxygen atoms in total. The summed E-state index contributed by atoms with van der Waals surface area (Å²) in [4.78, 5) is 12.2. The number of hydrogen-bond donors (Lipinski definition) is 2. The molecule has 0 unspecified atom stereocenters. The molecule has 2 aromatic rings. The van der Waals surface area contributed by atoms with Gasteiger partial charge < -0.3 is 15.8 Å². The SMILES string of the molecule is CCc1cc(N)cc(C)c1NC(=O)COc1ccc(C)c(C)c1.